The number of halogens is 1. The fourth-order valence-corrected chi connectivity index (χ4v) is 3.70. The number of methoxy groups -OCH3 is 1. The predicted octanol–water partition coefficient (Wildman–Crippen LogP) is 2.61. The molecule has 3 rings (SSSR count). The Bertz CT molecular complexity index is 1260. The Balaban J connectivity index is 1.91. The number of aromatic nitrogens is 2. The summed E-state index contributed by atoms with van der Waals surface area (Å²) >= 11 is 6.15. The average Bonchev–Trinajstić information content (AvgIpc) is 2.79. The molecule has 0 atom stereocenters. The second kappa shape index (κ2) is 11.5. The van der Waals surface area contributed by atoms with E-state index < -0.39 is 11.2 Å². The first-order chi connectivity index (χ1) is 16.3. The summed E-state index contributed by atoms with van der Waals surface area (Å²) in [6.45, 7) is 2.62. The number of nitrogens with two attached hydrogens (primary N) is 1. The van der Waals surface area contributed by atoms with E-state index >= 15 is 0 Å². The van der Waals surface area contributed by atoms with E-state index in [0.717, 1.165) is 11.1 Å². The lowest BCUT2D eigenvalue weighted by Gasteiger charge is -2.25. The van der Waals surface area contributed by atoms with Crippen LogP contribution in [0.5, 0.6) is 0 Å². The van der Waals surface area contributed by atoms with Crippen molar-refractivity contribution in [3.63, 3.8) is 0 Å². The quantitative estimate of drug-likeness (QED) is 0.379. The van der Waals surface area contributed by atoms with Crippen molar-refractivity contribution in [2.45, 2.75) is 19.9 Å². The van der Waals surface area contributed by atoms with Crippen LogP contribution in [0.3, 0.4) is 0 Å². The molecule has 34 heavy (non-hydrogen) atoms. The number of nitrogens with zero attached hydrogens (tertiary/aromatic N) is 2. The Labute approximate surface area is 202 Å². The van der Waals surface area contributed by atoms with Crippen LogP contribution in [-0.4, -0.2) is 42.3 Å². The molecule has 0 bridgehead atoms. The van der Waals surface area contributed by atoms with Crippen molar-refractivity contribution in [3.05, 3.63) is 85.5 Å². The van der Waals surface area contributed by atoms with Crippen LogP contribution in [0.2, 0.25) is 5.02 Å². The SMILES string of the molecule is COCCCN(CC(=O)Nc1ccc(C)c(Cl)c1)c1c(N)n(Cc2ccccc2)c(=O)[nH]c1=O. The molecule has 1 heterocycles. The number of nitrogens with one attached hydrogen (secondary N) is 2. The van der Waals surface area contributed by atoms with Crippen molar-refractivity contribution in [2.75, 3.05) is 42.8 Å². The molecule has 0 saturated carbocycles. The van der Waals surface area contributed by atoms with Crippen molar-refractivity contribution in [1.82, 2.24) is 9.55 Å². The van der Waals surface area contributed by atoms with Gasteiger partial charge in [-0.15, -0.1) is 0 Å². The smallest absolute Gasteiger partial charge is 0.330 e. The number of H-pyrrole nitrogens is 1. The van der Waals surface area contributed by atoms with Crippen molar-refractivity contribution in [2.24, 2.45) is 0 Å². The van der Waals surface area contributed by atoms with Crippen LogP contribution in [0, 0.1) is 6.92 Å². The van der Waals surface area contributed by atoms with Crippen LogP contribution in [0.15, 0.2) is 58.1 Å². The van der Waals surface area contributed by atoms with E-state index in [-0.39, 0.29) is 30.5 Å². The molecule has 3 aromatic rings. The number of hydrogen-bond acceptors (Lipinski definition) is 6. The van der Waals surface area contributed by atoms with E-state index in [4.69, 9.17) is 22.1 Å². The van der Waals surface area contributed by atoms with Crippen LogP contribution in [0.1, 0.15) is 17.5 Å². The number of carbonyl (C=O) groups excluding carboxylic acids is 1. The van der Waals surface area contributed by atoms with Gasteiger partial charge in [-0.25, -0.2) is 4.79 Å². The molecule has 0 unspecified atom stereocenters. The van der Waals surface area contributed by atoms with E-state index in [1.54, 1.807) is 30.2 Å². The zero-order valence-electron chi connectivity index (χ0n) is 19.1. The number of hydrogen-bond donors (Lipinski definition) is 3. The van der Waals surface area contributed by atoms with Crippen LogP contribution in [0.25, 0.3) is 0 Å². The van der Waals surface area contributed by atoms with Crippen LogP contribution in [0.4, 0.5) is 17.2 Å². The van der Waals surface area contributed by atoms with Gasteiger partial charge in [0.2, 0.25) is 5.91 Å². The summed E-state index contributed by atoms with van der Waals surface area (Å²) in [6.07, 6.45) is 0.539. The van der Waals surface area contributed by atoms with E-state index in [2.05, 4.69) is 10.3 Å². The molecular weight excluding hydrogens is 458 g/mol. The lowest BCUT2D eigenvalue weighted by Crippen LogP contribution is -2.42. The Morgan fingerprint density at radius 2 is 1.94 bits per heavy atom. The number of amides is 1. The maximum atomic E-state index is 12.8. The first kappa shape index (κ1) is 25.1. The first-order valence-corrected chi connectivity index (χ1v) is 11.1. The summed E-state index contributed by atoms with van der Waals surface area (Å²) in [5.74, 6) is -0.377. The zero-order chi connectivity index (χ0) is 24.7. The van der Waals surface area contributed by atoms with Gasteiger partial charge in [0.15, 0.2) is 0 Å². The summed E-state index contributed by atoms with van der Waals surface area (Å²) in [7, 11) is 1.57. The molecule has 0 fully saturated rings. The molecule has 0 aliphatic carbocycles. The molecule has 2 aromatic carbocycles. The number of anilines is 3. The standard InChI is InChI=1S/C24H28ClN5O4/c1-16-9-10-18(13-19(16)25)27-20(31)15-29(11-6-12-34-2)21-22(26)30(24(33)28-23(21)32)14-17-7-4-3-5-8-17/h3-5,7-10,13H,6,11-12,14-15,26H2,1-2H3,(H,27,31)(H,28,32,33). The number of benzene rings is 2. The molecule has 0 radical (unpaired) electrons. The number of aryl methyl sites for hydroxylation is 1. The molecule has 0 aliphatic heterocycles. The molecule has 0 saturated heterocycles. The number of ether oxygens (including phenoxy) is 1. The Hall–Kier alpha value is -3.56. The summed E-state index contributed by atoms with van der Waals surface area (Å²) < 4.78 is 6.41. The number of carbonyl (C=O) groups is 1. The van der Waals surface area contributed by atoms with Gasteiger partial charge in [-0.05, 0) is 36.6 Å². The topological polar surface area (TPSA) is 122 Å². The molecule has 10 heteroatoms. The minimum absolute atomic E-state index is 0.0128. The lowest BCUT2D eigenvalue weighted by molar-refractivity contribution is -0.115. The average molecular weight is 486 g/mol. The van der Waals surface area contributed by atoms with Gasteiger partial charge in [-0.1, -0.05) is 48.0 Å². The molecular formula is C24H28ClN5O4. The largest absolute Gasteiger partial charge is 0.385 e. The third kappa shape index (κ3) is 6.27. The Morgan fingerprint density at radius 1 is 1.21 bits per heavy atom. The van der Waals surface area contributed by atoms with Gasteiger partial charge in [-0.2, -0.15) is 0 Å². The van der Waals surface area contributed by atoms with Crippen molar-refractivity contribution in [1.29, 1.82) is 0 Å². The van der Waals surface area contributed by atoms with Crippen molar-refractivity contribution < 1.29 is 9.53 Å². The van der Waals surface area contributed by atoms with Gasteiger partial charge in [-0.3, -0.25) is 19.1 Å². The number of aromatic amines is 1. The molecule has 4 N–H and O–H groups in total. The fraction of sp³-hybridized carbons (Fsp3) is 0.292. The Morgan fingerprint density at radius 3 is 2.62 bits per heavy atom. The second-order valence-corrected chi connectivity index (χ2v) is 8.25. The maximum absolute atomic E-state index is 12.8. The summed E-state index contributed by atoms with van der Waals surface area (Å²) in [5.41, 5.74) is 7.37. The summed E-state index contributed by atoms with van der Waals surface area (Å²) in [6, 6.07) is 14.5. The molecule has 0 aliphatic rings. The van der Waals surface area contributed by atoms with Crippen molar-refractivity contribution >= 4 is 34.7 Å². The second-order valence-electron chi connectivity index (χ2n) is 7.84. The van der Waals surface area contributed by atoms with Crippen LogP contribution < -0.4 is 27.2 Å². The van der Waals surface area contributed by atoms with Gasteiger partial charge in [0, 0.05) is 31.0 Å². The highest BCUT2D eigenvalue weighted by atomic mass is 35.5. The van der Waals surface area contributed by atoms with Gasteiger partial charge < -0.3 is 20.7 Å². The molecule has 1 aromatic heterocycles. The highest BCUT2D eigenvalue weighted by Crippen LogP contribution is 2.21. The van der Waals surface area contributed by atoms with Crippen LogP contribution >= 0.6 is 11.6 Å². The van der Waals surface area contributed by atoms with Gasteiger partial charge in [0.1, 0.15) is 11.5 Å². The van der Waals surface area contributed by atoms with E-state index in [1.165, 1.54) is 4.57 Å². The van der Waals surface area contributed by atoms with Gasteiger partial charge >= 0.3 is 5.69 Å². The predicted molar refractivity (Wildman–Crippen MR) is 135 cm³/mol. The normalized spacial score (nSPS) is 10.8. The fourth-order valence-electron chi connectivity index (χ4n) is 3.52. The maximum Gasteiger partial charge on any atom is 0.330 e. The minimum atomic E-state index is -0.657. The highest BCUT2D eigenvalue weighted by molar-refractivity contribution is 6.31. The number of rotatable bonds is 10. The molecule has 1 amide bonds. The van der Waals surface area contributed by atoms with E-state index in [9.17, 15) is 14.4 Å². The Kier molecular flexibility index (Phi) is 8.50. The lowest BCUT2D eigenvalue weighted by atomic mass is 10.2. The number of nitrogen functional groups attached to an aromatic ring is 1. The summed E-state index contributed by atoms with van der Waals surface area (Å²) in [5, 5.41) is 3.32. The van der Waals surface area contributed by atoms with Crippen LogP contribution in [-0.2, 0) is 16.1 Å². The van der Waals surface area contributed by atoms with Gasteiger partial charge in [0.25, 0.3) is 5.56 Å². The first-order valence-electron chi connectivity index (χ1n) is 10.8. The third-order valence-corrected chi connectivity index (χ3v) is 5.69. The molecule has 0 spiro atoms. The van der Waals surface area contributed by atoms with E-state index in [1.807, 2.05) is 37.3 Å². The van der Waals surface area contributed by atoms with E-state index in [0.29, 0.717) is 30.3 Å². The summed E-state index contributed by atoms with van der Waals surface area (Å²) in [4.78, 5) is 42.0. The molecule has 180 valence electrons. The molecule has 9 nitrogen and oxygen atoms in total. The van der Waals surface area contributed by atoms with Crippen molar-refractivity contribution in [3.8, 4) is 0 Å². The minimum Gasteiger partial charge on any atom is -0.385 e. The zero-order valence-corrected chi connectivity index (χ0v) is 19.9. The highest BCUT2D eigenvalue weighted by Gasteiger charge is 2.21. The monoisotopic (exact) mass is 485 g/mol. The third-order valence-electron chi connectivity index (χ3n) is 5.28. The van der Waals surface area contributed by atoms with Gasteiger partial charge in [0.05, 0.1) is 13.1 Å².